The lowest BCUT2D eigenvalue weighted by Gasteiger charge is -2.10. The second-order valence-electron chi connectivity index (χ2n) is 7.31. The van der Waals surface area contributed by atoms with Crippen molar-refractivity contribution in [1.82, 2.24) is 19.1 Å². The van der Waals surface area contributed by atoms with E-state index in [9.17, 15) is 4.79 Å². The molecule has 0 aliphatic rings. The van der Waals surface area contributed by atoms with Gasteiger partial charge < -0.3 is 13.9 Å². The van der Waals surface area contributed by atoms with E-state index in [1.165, 1.54) is 0 Å². The fourth-order valence-corrected chi connectivity index (χ4v) is 3.90. The van der Waals surface area contributed by atoms with E-state index in [0.717, 1.165) is 57.7 Å². The third kappa shape index (κ3) is 3.39. The Kier molecular flexibility index (Phi) is 5.09. The molecule has 2 heterocycles. The molecule has 4 aromatic rings. The van der Waals surface area contributed by atoms with Gasteiger partial charge in [-0.25, -0.2) is 9.97 Å². The molecular weight excluding hydrogens is 364 g/mol. The van der Waals surface area contributed by atoms with Gasteiger partial charge in [0.15, 0.2) is 0 Å². The number of esters is 1. The molecule has 0 amide bonds. The van der Waals surface area contributed by atoms with Crippen molar-refractivity contribution in [3.63, 3.8) is 0 Å². The highest BCUT2D eigenvalue weighted by Gasteiger charge is 2.18. The summed E-state index contributed by atoms with van der Waals surface area (Å²) in [5.41, 5.74) is 6.02. The SMILES string of the molecule is CCCc1nc2c(C)cc(-c3nc4ccccc4n3C)cc2n1CC(=O)OCC. The van der Waals surface area contributed by atoms with Crippen LogP contribution in [0.15, 0.2) is 36.4 Å². The van der Waals surface area contributed by atoms with Crippen LogP contribution in [0, 0.1) is 6.92 Å². The lowest BCUT2D eigenvalue weighted by atomic mass is 10.1. The van der Waals surface area contributed by atoms with Crippen LogP contribution in [0.5, 0.6) is 0 Å². The summed E-state index contributed by atoms with van der Waals surface area (Å²) in [7, 11) is 2.03. The molecule has 2 aromatic carbocycles. The molecule has 0 aliphatic carbocycles. The molecule has 0 atom stereocenters. The minimum Gasteiger partial charge on any atom is -0.465 e. The van der Waals surface area contributed by atoms with Gasteiger partial charge in [0.1, 0.15) is 18.2 Å². The van der Waals surface area contributed by atoms with E-state index >= 15 is 0 Å². The first-order valence-electron chi connectivity index (χ1n) is 10.1. The summed E-state index contributed by atoms with van der Waals surface area (Å²) in [6.07, 6.45) is 1.78. The van der Waals surface area contributed by atoms with Gasteiger partial charge in [0, 0.05) is 19.0 Å². The molecule has 0 saturated carbocycles. The molecule has 0 aliphatic heterocycles. The number of imidazole rings is 2. The van der Waals surface area contributed by atoms with Crippen molar-refractivity contribution >= 4 is 28.0 Å². The van der Waals surface area contributed by atoms with E-state index in [4.69, 9.17) is 14.7 Å². The molecule has 0 fully saturated rings. The van der Waals surface area contributed by atoms with Gasteiger partial charge in [-0.1, -0.05) is 19.1 Å². The van der Waals surface area contributed by atoms with Crippen LogP contribution in [-0.4, -0.2) is 31.7 Å². The van der Waals surface area contributed by atoms with Gasteiger partial charge >= 0.3 is 5.97 Å². The zero-order valence-electron chi connectivity index (χ0n) is 17.4. The Labute approximate surface area is 170 Å². The number of fused-ring (bicyclic) bond motifs is 2. The Morgan fingerprint density at radius 1 is 1.10 bits per heavy atom. The van der Waals surface area contributed by atoms with Crippen LogP contribution < -0.4 is 0 Å². The van der Waals surface area contributed by atoms with Crippen molar-refractivity contribution in [3.8, 4) is 11.4 Å². The number of para-hydroxylation sites is 2. The number of hydrogen-bond donors (Lipinski definition) is 0. The number of nitrogens with zero attached hydrogens (tertiary/aromatic N) is 4. The maximum atomic E-state index is 12.2. The summed E-state index contributed by atoms with van der Waals surface area (Å²) in [5, 5.41) is 0. The Hall–Kier alpha value is -3.15. The highest BCUT2D eigenvalue weighted by Crippen LogP contribution is 2.30. The lowest BCUT2D eigenvalue weighted by molar-refractivity contribution is -0.143. The molecule has 2 aromatic heterocycles. The zero-order chi connectivity index (χ0) is 20.5. The molecule has 6 nitrogen and oxygen atoms in total. The van der Waals surface area contributed by atoms with Crippen LogP contribution >= 0.6 is 0 Å². The van der Waals surface area contributed by atoms with Crippen molar-refractivity contribution in [2.75, 3.05) is 6.61 Å². The average molecular weight is 390 g/mol. The first-order chi connectivity index (χ1) is 14.0. The number of hydrogen-bond acceptors (Lipinski definition) is 4. The van der Waals surface area contributed by atoms with Crippen molar-refractivity contribution in [2.24, 2.45) is 7.05 Å². The number of carbonyl (C=O) groups is 1. The maximum absolute atomic E-state index is 12.2. The first-order valence-corrected chi connectivity index (χ1v) is 10.1. The summed E-state index contributed by atoms with van der Waals surface area (Å²) >= 11 is 0. The molecule has 0 bridgehead atoms. The lowest BCUT2D eigenvalue weighted by Crippen LogP contribution is -2.15. The molecular formula is C23H26N4O2. The summed E-state index contributed by atoms with van der Waals surface area (Å²) in [4.78, 5) is 21.9. The van der Waals surface area contributed by atoms with Crippen molar-refractivity contribution in [2.45, 2.75) is 40.2 Å². The predicted octanol–water partition coefficient (Wildman–Crippen LogP) is 4.41. The van der Waals surface area contributed by atoms with Gasteiger partial charge in [-0.2, -0.15) is 0 Å². The van der Waals surface area contributed by atoms with Gasteiger partial charge in [-0.3, -0.25) is 4.79 Å². The summed E-state index contributed by atoms with van der Waals surface area (Å²) in [6.45, 7) is 6.55. The second kappa shape index (κ2) is 7.70. The fourth-order valence-electron chi connectivity index (χ4n) is 3.90. The van der Waals surface area contributed by atoms with Crippen LogP contribution in [0.4, 0.5) is 0 Å². The van der Waals surface area contributed by atoms with Crippen LogP contribution in [0.1, 0.15) is 31.7 Å². The second-order valence-corrected chi connectivity index (χ2v) is 7.31. The molecule has 0 radical (unpaired) electrons. The van der Waals surface area contributed by atoms with Crippen molar-refractivity contribution in [1.29, 1.82) is 0 Å². The van der Waals surface area contributed by atoms with Crippen LogP contribution in [0.25, 0.3) is 33.5 Å². The van der Waals surface area contributed by atoms with Gasteiger partial charge in [0.25, 0.3) is 0 Å². The van der Waals surface area contributed by atoms with E-state index in [2.05, 4.69) is 36.6 Å². The third-order valence-corrected chi connectivity index (χ3v) is 5.24. The summed E-state index contributed by atoms with van der Waals surface area (Å²) in [6, 6.07) is 12.3. The molecule has 29 heavy (non-hydrogen) atoms. The fraction of sp³-hybridized carbons (Fsp3) is 0.348. The van der Waals surface area contributed by atoms with Crippen molar-refractivity contribution in [3.05, 3.63) is 47.8 Å². The smallest absolute Gasteiger partial charge is 0.326 e. The number of aromatic nitrogens is 4. The Balaban J connectivity index is 1.90. The van der Waals surface area contributed by atoms with E-state index in [-0.39, 0.29) is 12.5 Å². The van der Waals surface area contributed by atoms with Crippen LogP contribution in [0.2, 0.25) is 0 Å². The number of carbonyl (C=O) groups excluding carboxylic acids is 1. The standard InChI is InChI=1S/C23H26N4O2/c1-5-9-20-25-22-15(3)12-16(13-19(22)27(20)14-21(28)29-6-2)23-24-17-10-7-8-11-18(17)26(23)4/h7-8,10-13H,5-6,9,14H2,1-4H3. The molecule has 6 heteroatoms. The third-order valence-electron chi connectivity index (χ3n) is 5.24. The van der Waals surface area contributed by atoms with Crippen LogP contribution in [0.3, 0.4) is 0 Å². The number of ether oxygens (including phenoxy) is 1. The monoisotopic (exact) mass is 390 g/mol. The topological polar surface area (TPSA) is 61.9 Å². The first kappa shape index (κ1) is 19.2. The Bertz CT molecular complexity index is 1200. The molecule has 0 spiro atoms. The number of aryl methyl sites for hydroxylation is 3. The minimum atomic E-state index is -0.241. The minimum absolute atomic E-state index is 0.172. The van der Waals surface area contributed by atoms with E-state index in [1.807, 2.05) is 36.7 Å². The van der Waals surface area contributed by atoms with Gasteiger partial charge in [-0.15, -0.1) is 0 Å². The maximum Gasteiger partial charge on any atom is 0.326 e. The Morgan fingerprint density at radius 2 is 1.90 bits per heavy atom. The highest BCUT2D eigenvalue weighted by atomic mass is 16.5. The summed E-state index contributed by atoms with van der Waals surface area (Å²) < 4.78 is 9.30. The van der Waals surface area contributed by atoms with E-state index in [0.29, 0.717) is 6.61 Å². The highest BCUT2D eigenvalue weighted by molar-refractivity contribution is 5.88. The number of rotatable bonds is 6. The quantitative estimate of drug-likeness (QED) is 0.458. The Morgan fingerprint density at radius 3 is 2.62 bits per heavy atom. The average Bonchev–Trinajstić information content (AvgIpc) is 3.21. The molecule has 0 N–H and O–H groups in total. The molecule has 0 saturated heterocycles. The van der Waals surface area contributed by atoms with E-state index in [1.54, 1.807) is 0 Å². The van der Waals surface area contributed by atoms with E-state index < -0.39 is 0 Å². The van der Waals surface area contributed by atoms with Gasteiger partial charge in [0.2, 0.25) is 0 Å². The summed E-state index contributed by atoms with van der Waals surface area (Å²) in [5.74, 6) is 1.58. The largest absolute Gasteiger partial charge is 0.465 e. The normalized spacial score (nSPS) is 11.4. The molecule has 0 unspecified atom stereocenters. The van der Waals surface area contributed by atoms with Gasteiger partial charge in [-0.05, 0) is 50.1 Å². The van der Waals surface area contributed by atoms with Crippen LogP contribution in [-0.2, 0) is 29.5 Å². The van der Waals surface area contributed by atoms with Crippen molar-refractivity contribution < 1.29 is 9.53 Å². The predicted molar refractivity (Wildman–Crippen MR) is 115 cm³/mol. The molecule has 4 rings (SSSR count). The molecule has 150 valence electrons. The zero-order valence-corrected chi connectivity index (χ0v) is 17.4. The number of benzene rings is 2. The van der Waals surface area contributed by atoms with Gasteiger partial charge in [0.05, 0.1) is 28.7 Å².